The number of aromatic nitrogens is 3. The zero-order chi connectivity index (χ0) is 8.97. The fourth-order valence-corrected chi connectivity index (χ4v) is 0.701. The third-order valence-corrected chi connectivity index (χ3v) is 1.20. The lowest BCUT2D eigenvalue weighted by molar-refractivity contribution is 0.560. The van der Waals surface area contributed by atoms with Gasteiger partial charge in [-0.1, -0.05) is 0 Å². The number of hydrogen-bond acceptors (Lipinski definition) is 5. The molecule has 12 heavy (non-hydrogen) atoms. The fourth-order valence-electron chi connectivity index (χ4n) is 0.701. The molecule has 0 amide bonds. The highest BCUT2D eigenvalue weighted by Crippen LogP contribution is 2.10. The molecule has 0 aromatic carbocycles. The minimum Gasteiger partial charge on any atom is -0.211 e. The average Bonchev–Trinajstić information content (AvgIpc) is 2.47. The number of aliphatic imine (C=N–C) groups is 1. The van der Waals surface area contributed by atoms with Crippen LogP contribution in [0.25, 0.3) is 0 Å². The van der Waals surface area contributed by atoms with Crippen molar-refractivity contribution in [2.75, 3.05) is 0 Å². The topological polar surface area (TPSA) is 83.9 Å². The second-order valence-electron chi connectivity index (χ2n) is 2.01. The van der Waals surface area contributed by atoms with Crippen LogP contribution in [0.2, 0.25) is 0 Å². The van der Waals surface area contributed by atoms with Gasteiger partial charge < -0.3 is 0 Å². The number of hydrogen-bond donors (Lipinski definition) is 0. The lowest BCUT2D eigenvalue weighted by Crippen LogP contribution is -1.96. The fraction of sp³-hybridized carbons (Fsp3) is 0.333. The van der Waals surface area contributed by atoms with Crippen LogP contribution in [0.15, 0.2) is 11.2 Å². The van der Waals surface area contributed by atoms with E-state index < -0.39 is 6.04 Å². The van der Waals surface area contributed by atoms with Crippen molar-refractivity contribution in [3.63, 3.8) is 0 Å². The minimum atomic E-state index is -0.892. The Kier molecular flexibility index (Phi) is 2.31. The van der Waals surface area contributed by atoms with E-state index in [2.05, 4.69) is 15.2 Å². The van der Waals surface area contributed by atoms with Gasteiger partial charge in [0, 0.05) is 7.05 Å². The highest BCUT2D eigenvalue weighted by atomic mass is 16.1. The number of isocyanates is 1. The van der Waals surface area contributed by atoms with Gasteiger partial charge in [-0.2, -0.15) is 25.2 Å². The van der Waals surface area contributed by atoms with Gasteiger partial charge in [0.15, 0.2) is 6.04 Å². The Bertz CT molecular complexity index is 356. The second kappa shape index (κ2) is 3.42. The summed E-state index contributed by atoms with van der Waals surface area (Å²) in [4.78, 5) is 14.4. The molecule has 6 nitrogen and oxygen atoms in total. The SMILES string of the molecule is Cn1ncc(C(C#N)N=C=O)n1. The summed E-state index contributed by atoms with van der Waals surface area (Å²) in [5.41, 5.74) is 0.350. The first-order chi connectivity index (χ1) is 5.77. The summed E-state index contributed by atoms with van der Waals surface area (Å²) in [6.45, 7) is 0. The molecule has 1 unspecified atom stereocenters. The van der Waals surface area contributed by atoms with Gasteiger partial charge in [-0.25, -0.2) is 4.79 Å². The predicted octanol–water partition coefficient (Wildman–Crippen LogP) is -0.284. The molecule has 0 bridgehead atoms. The lowest BCUT2D eigenvalue weighted by atomic mass is 10.3. The van der Waals surface area contributed by atoms with E-state index in [1.807, 2.05) is 0 Å². The van der Waals surface area contributed by atoms with Crippen molar-refractivity contribution in [3.8, 4) is 6.07 Å². The molecule has 0 aliphatic rings. The van der Waals surface area contributed by atoms with Gasteiger partial charge in [-0.05, 0) is 0 Å². The highest BCUT2D eigenvalue weighted by molar-refractivity contribution is 5.35. The first-order valence-corrected chi connectivity index (χ1v) is 3.10. The molecule has 0 N–H and O–H groups in total. The molecule has 1 heterocycles. The summed E-state index contributed by atoms with van der Waals surface area (Å²) in [6.07, 6.45) is 2.69. The van der Waals surface area contributed by atoms with Crippen molar-refractivity contribution in [2.24, 2.45) is 12.0 Å². The maximum atomic E-state index is 9.86. The zero-order valence-corrected chi connectivity index (χ0v) is 6.30. The van der Waals surface area contributed by atoms with Crippen LogP contribution in [-0.4, -0.2) is 21.1 Å². The number of rotatable bonds is 2. The van der Waals surface area contributed by atoms with E-state index in [0.29, 0.717) is 5.69 Å². The van der Waals surface area contributed by atoms with E-state index in [-0.39, 0.29) is 0 Å². The normalized spacial score (nSPS) is 11.3. The third kappa shape index (κ3) is 1.54. The summed E-state index contributed by atoms with van der Waals surface area (Å²) in [6, 6.07) is 0.895. The molecular formula is C6H5N5O. The molecule has 1 aromatic rings. The maximum Gasteiger partial charge on any atom is 0.236 e. The van der Waals surface area contributed by atoms with Crippen molar-refractivity contribution in [2.45, 2.75) is 6.04 Å². The molecule has 0 fully saturated rings. The predicted molar refractivity (Wildman–Crippen MR) is 37.5 cm³/mol. The van der Waals surface area contributed by atoms with E-state index in [4.69, 9.17) is 5.26 Å². The van der Waals surface area contributed by atoms with Gasteiger partial charge in [-0.3, -0.25) is 0 Å². The Balaban J connectivity index is 2.96. The molecule has 1 aromatic heterocycles. The number of carbonyl (C=O) groups excluding carboxylic acids is 1. The van der Waals surface area contributed by atoms with E-state index in [9.17, 15) is 4.79 Å². The quantitative estimate of drug-likeness (QED) is 0.443. The van der Waals surface area contributed by atoms with Gasteiger partial charge >= 0.3 is 0 Å². The minimum absolute atomic E-state index is 0.350. The summed E-state index contributed by atoms with van der Waals surface area (Å²) in [7, 11) is 1.61. The molecule has 60 valence electrons. The van der Waals surface area contributed by atoms with Gasteiger partial charge in [0.1, 0.15) is 5.69 Å². The van der Waals surface area contributed by atoms with Crippen molar-refractivity contribution in [3.05, 3.63) is 11.9 Å². The van der Waals surface area contributed by atoms with E-state index >= 15 is 0 Å². The Morgan fingerprint density at radius 2 is 2.58 bits per heavy atom. The molecule has 1 rings (SSSR count). The van der Waals surface area contributed by atoms with E-state index in [0.717, 1.165) is 0 Å². The number of nitriles is 1. The number of nitrogens with zero attached hydrogens (tertiary/aromatic N) is 5. The zero-order valence-electron chi connectivity index (χ0n) is 6.30. The summed E-state index contributed by atoms with van der Waals surface area (Å²) >= 11 is 0. The van der Waals surface area contributed by atoms with Crippen LogP contribution < -0.4 is 0 Å². The Morgan fingerprint density at radius 3 is 3.00 bits per heavy atom. The Labute approximate surface area is 68.1 Å². The standard InChI is InChI=1S/C6H5N5O/c1-11-9-3-6(10-11)5(2-7)8-4-12/h3,5H,1H3. The summed E-state index contributed by atoms with van der Waals surface area (Å²) in [5, 5.41) is 16.1. The molecule has 1 atom stereocenters. The Hall–Kier alpha value is -1.99. The lowest BCUT2D eigenvalue weighted by Gasteiger charge is -1.91. The van der Waals surface area contributed by atoms with Gasteiger partial charge in [0.05, 0.1) is 12.3 Å². The van der Waals surface area contributed by atoms with Crippen molar-refractivity contribution < 1.29 is 4.79 Å². The highest BCUT2D eigenvalue weighted by Gasteiger charge is 2.11. The van der Waals surface area contributed by atoms with Gasteiger partial charge in [-0.15, -0.1) is 0 Å². The monoisotopic (exact) mass is 163 g/mol. The number of aryl methyl sites for hydroxylation is 1. The molecular weight excluding hydrogens is 158 g/mol. The van der Waals surface area contributed by atoms with E-state index in [1.165, 1.54) is 17.1 Å². The van der Waals surface area contributed by atoms with Crippen molar-refractivity contribution in [1.82, 2.24) is 15.0 Å². The molecule has 0 saturated carbocycles. The maximum absolute atomic E-state index is 9.86. The second-order valence-corrected chi connectivity index (χ2v) is 2.01. The summed E-state index contributed by atoms with van der Waals surface area (Å²) in [5.74, 6) is 0. The van der Waals surface area contributed by atoms with Crippen LogP contribution in [0.3, 0.4) is 0 Å². The molecule has 0 radical (unpaired) electrons. The molecule has 0 aliphatic heterocycles. The van der Waals surface area contributed by atoms with Crippen LogP contribution >= 0.6 is 0 Å². The van der Waals surface area contributed by atoms with Gasteiger partial charge in [0.25, 0.3) is 0 Å². The molecule has 0 saturated heterocycles. The van der Waals surface area contributed by atoms with Crippen LogP contribution in [0, 0.1) is 11.3 Å². The van der Waals surface area contributed by atoms with Crippen LogP contribution in [0.4, 0.5) is 0 Å². The smallest absolute Gasteiger partial charge is 0.211 e. The van der Waals surface area contributed by atoms with Crippen LogP contribution in [0.1, 0.15) is 11.7 Å². The molecule has 0 spiro atoms. The molecule has 6 heteroatoms. The first kappa shape index (κ1) is 8.11. The largest absolute Gasteiger partial charge is 0.236 e. The Morgan fingerprint density at radius 1 is 1.83 bits per heavy atom. The van der Waals surface area contributed by atoms with Crippen LogP contribution in [0.5, 0.6) is 0 Å². The van der Waals surface area contributed by atoms with Crippen molar-refractivity contribution in [1.29, 1.82) is 5.26 Å². The first-order valence-electron chi connectivity index (χ1n) is 3.10. The molecule has 0 aliphatic carbocycles. The van der Waals surface area contributed by atoms with Crippen LogP contribution in [-0.2, 0) is 11.8 Å². The van der Waals surface area contributed by atoms with Crippen molar-refractivity contribution >= 4 is 6.08 Å². The van der Waals surface area contributed by atoms with E-state index in [1.54, 1.807) is 13.1 Å². The third-order valence-electron chi connectivity index (χ3n) is 1.20. The van der Waals surface area contributed by atoms with Gasteiger partial charge in [0.2, 0.25) is 6.08 Å². The average molecular weight is 163 g/mol. The summed E-state index contributed by atoms with van der Waals surface area (Å²) < 4.78 is 0.